The maximum absolute atomic E-state index is 11.7. The van der Waals surface area contributed by atoms with Gasteiger partial charge >= 0.3 is 41.5 Å². The topological polar surface area (TPSA) is 83.5 Å². The molecule has 0 atom stereocenters. The second-order valence-electron chi connectivity index (χ2n) is 14.1. The molecular weight excluding hydrogens is 607 g/mol. The predicted molar refractivity (Wildman–Crippen MR) is 199 cm³/mol. The first kappa shape index (κ1) is 52.0. The molecular formula is C42H81NaO5. The average Bonchev–Trinajstić information content (AvgIpc) is 3.05. The molecule has 0 fully saturated rings. The molecule has 0 saturated heterocycles. The van der Waals surface area contributed by atoms with Crippen LogP contribution < -0.4 is 34.7 Å². The fourth-order valence-electron chi connectivity index (χ4n) is 6.03. The van der Waals surface area contributed by atoms with Gasteiger partial charge in [0.15, 0.2) is 0 Å². The zero-order valence-electron chi connectivity index (χ0n) is 33.0. The van der Waals surface area contributed by atoms with Crippen LogP contribution in [0.1, 0.15) is 252 Å². The second-order valence-corrected chi connectivity index (χ2v) is 14.1. The molecule has 0 unspecified atom stereocenters. The molecule has 0 bridgehead atoms. The fraction of sp³-hybridized carbons (Fsp3) is 0.929. The van der Waals surface area contributed by atoms with Gasteiger partial charge in [0.25, 0.3) is 0 Å². The van der Waals surface area contributed by atoms with Crippen molar-refractivity contribution in [3.8, 4) is 0 Å². The Kier molecular flexibility index (Phi) is 50.5. The van der Waals surface area contributed by atoms with E-state index in [2.05, 4.69) is 20.8 Å². The number of carboxylic acids is 1. The Balaban J connectivity index is -0.000000862. The number of carboxylic acid groups (broad SMARTS) is 1. The maximum Gasteiger partial charge on any atom is 1.00 e. The van der Waals surface area contributed by atoms with Crippen LogP contribution in [0.5, 0.6) is 0 Å². The van der Waals surface area contributed by atoms with Crippen molar-refractivity contribution in [3.05, 3.63) is 0 Å². The molecule has 0 aliphatic carbocycles. The van der Waals surface area contributed by atoms with Crippen LogP contribution in [0.3, 0.4) is 0 Å². The van der Waals surface area contributed by atoms with Crippen molar-refractivity contribution in [2.75, 3.05) is 0 Å². The van der Waals surface area contributed by atoms with E-state index in [1.165, 1.54) is 173 Å². The van der Waals surface area contributed by atoms with Crippen molar-refractivity contribution < 1.29 is 53.8 Å². The summed E-state index contributed by atoms with van der Waals surface area (Å²) < 4.78 is 4.92. The molecule has 0 N–H and O–H groups in total. The SMILES string of the molecule is CCCCCCCCCCCC(=O)OC(=O)CCCCCCCCCCC.CCCCCCCCCCCCCCCCCC(=O)[O-].[Na+]. The molecule has 0 heterocycles. The van der Waals surface area contributed by atoms with Crippen LogP contribution in [-0.4, -0.2) is 17.9 Å². The van der Waals surface area contributed by atoms with Crippen LogP contribution in [0.2, 0.25) is 0 Å². The van der Waals surface area contributed by atoms with Gasteiger partial charge in [-0.05, 0) is 25.7 Å². The Labute approximate surface area is 322 Å². The van der Waals surface area contributed by atoms with Crippen LogP contribution >= 0.6 is 0 Å². The second kappa shape index (κ2) is 46.6. The summed E-state index contributed by atoms with van der Waals surface area (Å²) in [6.45, 7) is 6.74. The molecule has 0 aromatic heterocycles. The van der Waals surface area contributed by atoms with Crippen LogP contribution in [0.4, 0.5) is 0 Å². The molecule has 0 aromatic carbocycles. The molecule has 0 aliphatic rings. The molecule has 0 saturated carbocycles. The molecule has 5 nitrogen and oxygen atoms in total. The minimum absolute atomic E-state index is 0. The van der Waals surface area contributed by atoms with Gasteiger partial charge in [0.2, 0.25) is 0 Å². The molecule has 6 heteroatoms. The van der Waals surface area contributed by atoms with E-state index in [1.807, 2.05) is 0 Å². The van der Waals surface area contributed by atoms with E-state index in [0.717, 1.165) is 38.5 Å². The summed E-state index contributed by atoms with van der Waals surface area (Å²) in [4.78, 5) is 33.6. The molecule has 0 radical (unpaired) electrons. The molecule has 0 aliphatic heterocycles. The fourth-order valence-corrected chi connectivity index (χ4v) is 6.03. The normalized spacial score (nSPS) is 10.6. The summed E-state index contributed by atoms with van der Waals surface area (Å²) in [5.41, 5.74) is 0. The molecule has 0 aromatic rings. The smallest absolute Gasteiger partial charge is 0.550 e. The number of rotatable bonds is 36. The van der Waals surface area contributed by atoms with E-state index in [4.69, 9.17) is 4.74 Å². The summed E-state index contributed by atoms with van der Waals surface area (Å²) in [6.07, 6.45) is 42.6. The molecule has 0 amide bonds. The van der Waals surface area contributed by atoms with Crippen LogP contribution in [0.15, 0.2) is 0 Å². The molecule has 48 heavy (non-hydrogen) atoms. The number of aliphatic carboxylic acids is 1. The third kappa shape index (κ3) is 50.0. The largest absolute Gasteiger partial charge is 1.00 e. The third-order valence-electron chi connectivity index (χ3n) is 9.18. The summed E-state index contributed by atoms with van der Waals surface area (Å²) in [5, 5.41) is 10.2. The van der Waals surface area contributed by atoms with Crippen molar-refractivity contribution in [1.82, 2.24) is 0 Å². The van der Waals surface area contributed by atoms with Gasteiger partial charge in [0, 0.05) is 18.8 Å². The Morgan fingerprint density at radius 1 is 0.333 bits per heavy atom. The van der Waals surface area contributed by atoms with Crippen LogP contribution in [0.25, 0.3) is 0 Å². The van der Waals surface area contributed by atoms with E-state index < -0.39 is 5.97 Å². The van der Waals surface area contributed by atoms with Gasteiger partial charge in [-0.3, -0.25) is 9.59 Å². The first-order chi connectivity index (χ1) is 23.0. The summed E-state index contributed by atoms with van der Waals surface area (Å²) >= 11 is 0. The van der Waals surface area contributed by atoms with Crippen molar-refractivity contribution in [1.29, 1.82) is 0 Å². The summed E-state index contributed by atoms with van der Waals surface area (Å²) in [6, 6.07) is 0. The zero-order chi connectivity index (χ0) is 34.9. The maximum atomic E-state index is 11.7. The van der Waals surface area contributed by atoms with E-state index >= 15 is 0 Å². The van der Waals surface area contributed by atoms with Crippen molar-refractivity contribution >= 4 is 17.9 Å². The number of hydrogen-bond acceptors (Lipinski definition) is 5. The van der Waals surface area contributed by atoms with Crippen molar-refractivity contribution in [2.24, 2.45) is 0 Å². The Hall–Kier alpha value is -0.390. The van der Waals surface area contributed by atoms with Crippen LogP contribution in [-0.2, 0) is 19.1 Å². The van der Waals surface area contributed by atoms with Crippen LogP contribution in [0, 0.1) is 0 Å². The average molecular weight is 689 g/mol. The van der Waals surface area contributed by atoms with Crippen molar-refractivity contribution in [2.45, 2.75) is 252 Å². The Morgan fingerprint density at radius 3 is 0.729 bits per heavy atom. The third-order valence-corrected chi connectivity index (χ3v) is 9.18. The first-order valence-electron chi connectivity index (χ1n) is 20.9. The van der Waals surface area contributed by atoms with E-state index in [9.17, 15) is 19.5 Å². The number of carbonyl (C=O) groups excluding carboxylic acids is 3. The van der Waals surface area contributed by atoms with Gasteiger partial charge in [-0.15, -0.1) is 0 Å². The number of carbonyl (C=O) groups is 3. The van der Waals surface area contributed by atoms with Crippen molar-refractivity contribution in [3.63, 3.8) is 0 Å². The standard InChI is InChI=1S/C24H46O3.C18H36O2.Na/c1-3-5-7-9-11-13-15-17-19-21-23(25)27-24(26)22-20-18-16-14-12-10-8-6-4-2;1-2-3-4-5-6-7-8-9-10-11-12-13-14-15-16-17-18(19)20;/h3-22H2,1-2H3;2-17H2,1H3,(H,19,20);/q;;+1/p-1. The van der Waals surface area contributed by atoms with E-state index in [-0.39, 0.29) is 47.9 Å². The predicted octanol–water partition coefficient (Wildman–Crippen LogP) is 9.90. The number of ether oxygens (including phenoxy) is 1. The first-order valence-corrected chi connectivity index (χ1v) is 20.9. The summed E-state index contributed by atoms with van der Waals surface area (Å²) in [5.74, 6) is -1.57. The van der Waals surface area contributed by atoms with Gasteiger partial charge in [-0.1, -0.05) is 213 Å². The zero-order valence-corrected chi connectivity index (χ0v) is 35.0. The van der Waals surface area contributed by atoms with Gasteiger partial charge < -0.3 is 14.6 Å². The van der Waals surface area contributed by atoms with Gasteiger partial charge in [0.1, 0.15) is 0 Å². The number of esters is 2. The Bertz CT molecular complexity index is 622. The number of unbranched alkanes of at least 4 members (excludes halogenated alkanes) is 30. The molecule has 280 valence electrons. The molecule has 0 spiro atoms. The minimum atomic E-state index is -0.903. The minimum Gasteiger partial charge on any atom is -0.550 e. The van der Waals surface area contributed by atoms with Gasteiger partial charge in [-0.2, -0.15) is 0 Å². The monoisotopic (exact) mass is 689 g/mol. The van der Waals surface area contributed by atoms with Gasteiger partial charge in [0.05, 0.1) is 0 Å². The Morgan fingerprint density at radius 2 is 0.521 bits per heavy atom. The quantitative estimate of drug-likeness (QED) is 0.0283. The van der Waals surface area contributed by atoms with Gasteiger partial charge in [-0.25, -0.2) is 0 Å². The summed E-state index contributed by atoms with van der Waals surface area (Å²) in [7, 11) is 0. The number of hydrogen-bond donors (Lipinski definition) is 0. The van der Waals surface area contributed by atoms with E-state index in [0.29, 0.717) is 12.8 Å². The molecule has 0 rings (SSSR count). The van der Waals surface area contributed by atoms with E-state index in [1.54, 1.807) is 0 Å².